The number of benzene rings is 2. The minimum Gasteiger partial charge on any atom is -0.495 e. The number of hydrogen-bond acceptors (Lipinski definition) is 7. The van der Waals surface area contributed by atoms with Gasteiger partial charge in [0.1, 0.15) is 11.3 Å². The number of ether oxygens (including phenoxy) is 1. The van der Waals surface area contributed by atoms with Gasteiger partial charge in [0.05, 0.1) is 23.4 Å². The molecule has 0 saturated carbocycles. The van der Waals surface area contributed by atoms with Gasteiger partial charge in [0.15, 0.2) is 0 Å². The number of anilines is 1. The summed E-state index contributed by atoms with van der Waals surface area (Å²) < 4.78 is 35.4. The predicted molar refractivity (Wildman–Crippen MR) is 121 cm³/mol. The summed E-state index contributed by atoms with van der Waals surface area (Å²) in [7, 11) is 0.0486. The van der Waals surface area contributed by atoms with Crippen molar-refractivity contribution < 1.29 is 18.3 Å². The number of hydrogen-bond donors (Lipinski definition) is 2. The van der Waals surface area contributed by atoms with E-state index in [1.54, 1.807) is 43.3 Å². The Balaban J connectivity index is 2.02. The molecule has 0 amide bonds. The lowest BCUT2D eigenvalue weighted by atomic mass is 10.2. The van der Waals surface area contributed by atoms with Crippen molar-refractivity contribution in [3.63, 3.8) is 0 Å². The number of sulfonamides is 1. The van der Waals surface area contributed by atoms with E-state index in [1.165, 1.54) is 27.3 Å². The second-order valence-corrected chi connectivity index (χ2v) is 8.61. The number of para-hydroxylation sites is 2. The molecule has 1 heterocycles. The van der Waals surface area contributed by atoms with Crippen LogP contribution in [0.3, 0.4) is 0 Å². The third kappa shape index (κ3) is 4.28. The summed E-state index contributed by atoms with van der Waals surface area (Å²) >= 11 is 0. The summed E-state index contributed by atoms with van der Waals surface area (Å²) in [5.74, 6) is -0.177. The zero-order chi connectivity index (χ0) is 23.6. The van der Waals surface area contributed by atoms with Gasteiger partial charge in [0.25, 0.3) is 15.6 Å². The van der Waals surface area contributed by atoms with E-state index in [9.17, 15) is 23.1 Å². The van der Waals surface area contributed by atoms with E-state index in [0.717, 1.165) is 15.3 Å². The van der Waals surface area contributed by atoms with Gasteiger partial charge in [-0.2, -0.15) is 0 Å². The molecule has 0 spiro atoms. The van der Waals surface area contributed by atoms with E-state index >= 15 is 0 Å². The number of nitrogens with zero attached hydrogens (tertiary/aromatic N) is 3. The van der Waals surface area contributed by atoms with E-state index in [-0.39, 0.29) is 21.8 Å². The molecule has 10 nitrogen and oxygen atoms in total. The summed E-state index contributed by atoms with van der Waals surface area (Å²) in [6, 6.07) is 11.1. The maximum atomic E-state index is 13.0. The first-order chi connectivity index (χ1) is 15.1. The van der Waals surface area contributed by atoms with Crippen LogP contribution in [-0.4, -0.2) is 36.0 Å². The van der Waals surface area contributed by atoms with Crippen LogP contribution in [0.15, 0.2) is 61.9 Å². The van der Waals surface area contributed by atoms with Gasteiger partial charge in [-0.25, -0.2) is 13.2 Å². The van der Waals surface area contributed by atoms with Crippen molar-refractivity contribution in [3.8, 4) is 11.6 Å². The second kappa shape index (κ2) is 8.71. The van der Waals surface area contributed by atoms with Crippen molar-refractivity contribution in [3.05, 3.63) is 74.4 Å². The summed E-state index contributed by atoms with van der Waals surface area (Å²) in [6.07, 6.45) is 1.09. The van der Waals surface area contributed by atoms with Crippen LogP contribution >= 0.6 is 0 Å². The zero-order valence-electron chi connectivity index (χ0n) is 17.9. The first kappa shape index (κ1) is 22.8. The molecule has 3 rings (SSSR count). The monoisotopic (exact) mass is 458 g/mol. The SMILES string of the molecule is COc1ccccc1NS(=O)(=O)c1cc(N=Cc2c(O)n(C)c(=O)n(C)c2=O)ccc1C. The van der Waals surface area contributed by atoms with Crippen molar-refractivity contribution in [1.82, 2.24) is 9.13 Å². The first-order valence-electron chi connectivity index (χ1n) is 9.36. The number of rotatable bonds is 6. The Morgan fingerprint density at radius 1 is 1.09 bits per heavy atom. The average molecular weight is 458 g/mol. The quantitative estimate of drug-likeness (QED) is 0.540. The Kier molecular flexibility index (Phi) is 6.21. The summed E-state index contributed by atoms with van der Waals surface area (Å²) in [5, 5.41) is 10.1. The maximum absolute atomic E-state index is 13.0. The second-order valence-electron chi connectivity index (χ2n) is 6.96. The summed E-state index contributed by atoms with van der Waals surface area (Å²) in [5.41, 5.74) is -0.630. The van der Waals surface area contributed by atoms with E-state index in [2.05, 4.69) is 9.71 Å². The lowest BCUT2D eigenvalue weighted by molar-refractivity contribution is 0.410. The number of methoxy groups -OCH3 is 1. The third-order valence-corrected chi connectivity index (χ3v) is 6.33. The molecule has 0 unspecified atom stereocenters. The smallest absolute Gasteiger partial charge is 0.333 e. The van der Waals surface area contributed by atoms with E-state index in [0.29, 0.717) is 11.3 Å². The van der Waals surface area contributed by atoms with Gasteiger partial charge in [-0.05, 0) is 36.8 Å². The van der Waals surface area contributed by atoms with Gasteiger partial charge in [-0.1, -0.05) is 18.2 Å². The Hall–Kier alpha value is -3.86. The number of aromatic hydroxyl groups is 1. The highest BCUT2D eigenvalue weighted by Crippen LogP contribution is 2.29. The highest BCUT2D eigenvalue weighted by Gasteiger charge is 2.19. The number of aromatic nitrogens is 2. The van der Waals surface area contributed by atoms with Gasteiger partial charge in [0.2, 0.25) is 5.88 Å². The summed E-state index contributed by atoms with van der Waals surface area (Å²) in [4.78, 5) is 28.3. The topological polar surface area (TPSA) is 132 Å². The fourth-order valence-electron chi connectivity index (χ4n) is 3.00. The third-order valence-electron chi connectivity index (χ3n) is 4.82. The minimum atomic E-state index is -3.98. The average Bonchev–Trinajstić information content (AvgIpc) is 2.77. The van der Waals surface area contributed by atoms with Crippen molar-refractivity contribution in [2.75, 3.05) is 11.8 Å². The zero-order valence-corrected chi connectivity index (χ0v) is 18.7. The predicted octanol–water partition coefficient (Wildman–Crippen LogP) is 1.66. The standard InChI is InChI=1S/C21H22N4O6S/c1-13-9-10-14(22-12-15-19(26)24(2)21(28)25(3)20(15)27)11-18(13)32(29,30)23-16-7-5-6-8-17(16)31-4/h5-12,23,26H,1-4H3. The van der Waals surface area contributed by atoms with Gasteiger partial charge in [-0.15, -0.1) is 0 Å². The van der Waals surface area contributed by atoms with Crippen molar-refractivity contribution in [2.45, 2.75) is 11.8 Å². The lowest BCUT2D eigenvalue weighted by Gasteiger charge is -2.13. The van der Waals surface area contributed by atoms with E-state index in [1.807, 2.05) is 0 Å². The molecule has 32 heavy (non-hydrogen) atoms. The van der Waals surface area contributed by atoms with Gasteiger partial charge < -0.3 is 9.84 Å². The molecule has 168 valence electrons. The van der Waals surface area contributed by atoms with E-state index in [4.69, 9.17) is 4.74 Å². The molecular weight excluding hydrogens is 436 g/mol. The normalized spacial score (nSPS) is 11.6. The van der Waals surface area contributed by atoms with Crippen molar-refractivity contribution >= 4 is 27.6 Å². The molecule has 0 fully saturated rings. The molecule has 1 aromatic heterocycles. The fourth-order valence-corrected chi connectivity index (χ4v) is 4.33. The maximum Gasteiger partial charge on any atom is 0.333 e. The Morgan fingerprint density at radius 3 is 2.47 bits per heavy atom. The molecule has 11 heteroatoms. The first-order valence-corrected chi connectivity index (χ1v) is 10.8. The van der Waals surface area contributed by atoms with Crippen LogP contribution in [0.5, 0.6) is 11.6 Å². The van der Waals surface area contributed by atoms with Crippen LogP contribution in [-0.2, 0) is 24.1 Å². The Bertz CT molecular complexity index is 1440. The highest BCUT2D eigenvalue weighted by atomic mass is 32.2. The molecule has 0 aliphatic rings. The number of nitrogens with one attached hydrogen (secondary N) is 1. The van der Waals surface area contributed by atoms with Gasteiger partial charge in [-0.3, -0.25) is 23.6 Å². The minimum absolute atomic E-state index is 0.0179. The Morgan fingerprint density at radius 2 is 1.78 bits per heavy atom. The highest BCUT2D eigenvalue weighted by molar-refractivity contribution is 7.92. The lowest BCUT2D eigenvalue weighted by Crippen LogP contribution is -2.38. The van der Waals surface area contributed by atoms with Gasteiger partial charge in [0, 0.05) is 20.3 Å². The molecule has 0 radical (unpaired) electrons. The van der Waals surface area contributed by atoms with Crippen LogP contribution in [0.4, 0.5) is 11.4 Å². The van der Waals surface area contributed by atoms with Crippen LogP contribution in [0.2, 0.25) is 0 Å². The molecule has 3 aromatic rings. The molecule has 2 N–H and O–H groups in total. The van der Waals surface area contributed by atoms with Crippen LogP contribution < -0.4 is 20.7 Å². The van der Waals surface area contributed by atoms with Crippen molar-refractivity contribution in [1.29, 1.82) is 0 Å². The van der Waals surface area contributed by atoms with Crippen LogP contribution in [0.1, 0.15) is 11.1 Å². The van der Waals surface area contributed by atoms with Gasteiger partial charge >= 0.3 is 5.69 Å². The molecule has 0 aliphatic carbocycles. The molecule has 0 aliphatic heterocycles. The summed E-state index contributed by atoms with van der Waals surface area (Å²) in [6.45, 7) is 1.64. The number of aliphatic imine (C=N–C) groups is 1. The van der Waals surface area contributed by atoms with Crippen LogP contribution in [0, 0.1) is 6.92 Å². The number of aryl methyl sites for hydroxylation is 1. The fraction of sp³-hybridized carbons (Fsp3) is 0.190. The van der Waals surface area contributed by atoms with Crippen LogP contribution in [0.25, 0.3) is 0 Å². The van der Waals surface area contributed by atoms with E-state index < -0.39 is 27.2 Å². The van der Waals surface area contributed by atoms with Crippen molar-refractivity contribution in [2.24, 2.45) is 19.1 Å². The molecule has 0 bridgehead atoms. The largest absolute Gasteiger partial charge is 0.495 e. The molecular formula is C21H22N4O6S. The Labute approximate surface area is 184 Å². The molecule has 0 saturated heterocycles. The molecule has 2 aromatic carbocycles. The molecule has 0 atom stereocenters.